The van der Waals surface area contributed by atoms with Gasteiger partial charge in [0, 0.05) is 18.7 Å². The van der Waals surface area contributed by atoms with Gasteiger partial charge in [0.15, 0.2) is 0 Å². The summed E-state index contributed by atoms with van der Waals surface area (Å²) in [7, 11) is 0. The van der Waals surface area contributed by atoms with Crippen molar-refractivity contribution < 1.29 is 4.79 Å². The van der Waals surface area contributed by atoms with E-state index in [9.17, 15) is 4.79 Å². The van der Waals surface area contributed by atoms with Gasteiger partial charge in [0.25, 0.3) is 5.91 Å². The molecule has 0 spiro atoms. The van der Waals surface area contributed by atoms with Crippen LogP contribution < -0.4 is 0 Å². The van der Waals surface area contributed by atoms with Gasteiger partial charge >= 0.3 is 0 Å². The summed E-state index contributed by atoms with van der Waals surface area (Å²) in [6.45, 7) is 3.95. The van der Waals surface area contributed by atoms with E-state index in [1.165, 1.54) is 44.1 Å². The molecule has 1 aliphatic carbocycles. The number of rotatable bonds is 2. The summed E-state index contributed by atoms with van der Waals surface area (Å²) in [5, 5.41) is 0. The highest BCUT2D eigenvalue weighted by Gasteiger charge is 2.29. The molecule has 1 atom stereocenters. The van der Waals surface area contributed by atoms with Crippen molar-refractivity contribution in [3.05, 3.63) is 35.4 Å². The first-order valence-electron chi connectivity index (χ1n) is 8.10. The minimum Gasteiger partial charge on any atom is -0.339 e. The molecule has 1 aliphatic heterocycles. The first-order valence-corrected chi connectivity index (χ1v) is 8.10. The van der Waals surface area contributed by atoms with Gasteiger partial charge in [0.05, 0.1) is 0 Å². The first kappa shape index (κ1) is 13.7. The van der Waals surface area contributed by atoms with Gasteiger partial charge < -0.3 is 4.90 Å². The zero-order chi connectivity index (χ0) is 13.9. The van der Waals surface area contributed by atoms with Crippen LogP contribution in [-0.2, 0) is 0 Å². The average Bonchev–Trinajstić information content (AvgIpc) is 2.63. The summed E-state index contributed by atoms with van der Waals surface area (Å²) >= 11 is 0. The zero-order valence-corrected chi connectivity index (χ0v) is 12.5. The Balaban J connectivity index is 1.62. The summed E-state index contributed by atoms with van der Waals surface area (Å²) < 4.78 is 0. The molecular formula is C18H25NO. The second-order valence-corrected chi connectivity index (χ2v) is 6.54. The maximum Gasteiger partial charge on any atom is 0.253 e. The van der Waals surface area contributed by atoms with Crippen LogP contribution >= 0.6 is 0 Å². The highest BCUT2D eigenvalue weighted by molar-refractivity contribution is 5.94. The third kappa shape index (κ3) is 2.89. The molecule has 1 saturated heterocycles. The van der Waals surface area contributed by atoms with Gasteiger partial charge in [-0.3, -0.25) is 4.79 Å². The fourth-order valence-corrected chi connectivity index (χ4v) is 3.59. The summed E-state index contributed by atoms with van der Waals surface area (Å²) in [6, 6.07) is 7.99. The van der Waals surface area contributed by atoms with E-state index in [4.69, 9.17) is 0 Å². The molecule has 0 radical (unpaired) electrons. The normalized spacial score (nSPS) is 24.1. The van der Waals surface area contributed by atoms with Gasteiger partial charge in [-0.05, 0) is 50.2 Å². The van der Waals surface area contributed by atoms with E-state index in [1.807, 2.05) is 24.3 Å². The topological polar surface area (TPSA) is 20.3 Å². The van der Waals surface area contributed by atoms with Crippen molar-refractivity contribution in [2.24, 2.45) is 11.8 Å². The summed E-state index contributed by atoms with van der Waals surface area (Å²) in [5.74, 6) is 2.06. The zero-order valence-electron chi connectivity index (χ0n) is 12.5. The number of hydrogen-bond acceptors (Lipinski definition) is 1. The van der Waals surface area contributed by atoms with Crippen molar-refractivity contribution in [3.8, 4) is 0 Å². The summed E-state index contributed by atoms with van der Waals surface area (Å²) in [5.41, 5.74) is 2.06. The number of benzene rings is 1. The van der Waals surface area contributed by atoms with E-state index >= 15 is 0 Å². The van der Waals surface area contributed by atoms with Gasteiger partial charge in [-0.15, -0.1) is 0 Å². The molecule has 1 unspecified atom stereocenters. The van der Waals surface area contributed by atoms with Crippen molar-refractivity contribution in [1.82, 2.24) is 4.90 Å². The lowest BCUT2D eigenvalue weighted by Crippen LogP contribution is -2.32. The number of amides is 1. The third-order valence-corrected chi connectivity index (χ3v) is 5.17. The fraction of sp³-hybridized carbons (Fsp3) is 0.611. The van der Waals surface area contributed by atoms with E-state index in [1.54, 1.807) is 0 Å². The molecule has 1 heterocycles. The molecule has 1 saturated carbocycles. The lowest BCUT2D eigenvalue weighted by atomic mass is 9.73. The van der Waals surface area contributed by atoms with E-state index in [2.05, 4.69) is 11.8 Å². The molecular weight excluding hydrogens is 246 g/mol. The van der Waals surface area contributed by atoms with Crippen LogP contribution in [0, 0.1) is 18.8 Å². The lowest BCUT2D eigenvalue weighted by molar-refractivity contribution is 0.0756. The Morgan fingerprint density at radius 1 is 0.950 bits per heavy atom. The Hall–Kier alpha value is -1.31. The highest BCUT2D eigenvalue weighted by Crippen LogP contribution is 2.38. The summed E-state index contributed by atoms with van der Waals surface area (Å²) in [6.07, 6.45) is 7.99. The van der Waals surface area contributed by atoms with Crippen LogP contribution in [0.2, 0.25) is 0 Å². The Bertz CT molecular complexity index is 461. The van der Waals surface area contributed by atoms with Gasteiger partial charge in [0.2, 0.25) is 0 Å². The van der Waals surface area contributed by atoms with Crippen molar-refractivity contribution in [1.29, 1.82) is 0 Å². The van der Waals surface area contributed by atoms with Crippen LogP contribution in [0.15, 0.2) is 24.3 Å². The standard InChI is InChI=1S/C18H25NO/c1-14-7-9-17(10-8-14)18(20)19-12-3-6-16(11-13-19)15-4-2-5-15/h7-10,15-16H,2-6,11-13H2,1H3. The third-order valence-electron chi connectivity index (χ3n) is 5.17. The number of hydrogen-bond donors (Lipinski definition) is 0. The Morgan fingerprint density at radius 2 is 1.60 bits per heavy atom. The number of carbonyl (C=O) groups is 1. The molecule has 108 valence electrons. The number of nitrogens with zero attached hydrogens (tertiary/aromatic N) is 1. The van der Waals surface area contributed by atoms with Gasteiger partial charge in [-0.2, -0.15) is 0 Å². The molecule has 2 fully saturated rings. The van der Waals surface area contributed by atoms with Crippen LogP contribution in [-0.4, -0.2) is 23.9 Å². The van der Waals surface area contributed by atoms with Crippen molar-refractivity contribution in [2.45, 2.75) is 45.4 Å². The van der Waals surface area contributed by atoms with Crippen molar-refractivity contribution in [3.63, 3.8) is 0 Å². The van der Waals surface area contributed by atoms with Crippen LogP contribution in [0.5, 0.6) is 0 Å². The molecule has 0 bridgehead atoms. The second-order valence-electron chi connectivity index (χ2n) is 6.54. The molecule has 0 N–H and O–H groups in total. The molecule has 2 heteroatoms. The maximum atomic E-state index is 12.5. The lowest BCUT2D eigenvalue weighted by Gasteiger charge is -2.33. The Labute approximate surface area is 122 Å². The monoisotopic (exact) mass is 271 g/mol. The molecule has 0 aromatic heterocycles. The first-order chi connectivity index (χ1) is 9.74. The Morgan fingerprint density at radius 3 is 2.25 bits per heavy atom. The fourth-order valence-electron chi connectivity index (χ4n) is 3.59. The molecule has 1 amide bonds. The SMILES string of the molecule is Cc1ccc(C(=O)N2CCCC(C3CCC3)CC2)cc1. The van der Waals surface area contributed by atoms with Gasteiger partial charge in [-0.25, -0.2) is 0 Å². The van der Waals surface area contributed by atoms with Crippen LogP contribution in [0.1, 0.15) is 54.4 Å². The molecule has 2 nitrogen and oxygen atoms in total. The predicted octanol–water partition coefficient (Wildman–Crippen LogP) is 4.04. The molecule has 3 rings (SSSR count). The minimum absolute atomic E-state index is 0.222. The quantitative estimate of drug-likeness (QED) is 0.795. The van der Waals surface area contributed by atoms with Crippen molar-refractivity contribution >= 4 is 5.91 Å². The van der Waals surface area contributed by atoms with Crippen LogP contribution in [0.25, 0.3) is 0 Å². The van der Waals surface area contributed by atoms with E-state index < -0.39 is 0 Å². The average molecular weight is 271 g/mol. The maximum absolute atomic E-state index is 12.5. The molecule has 2 aliphatic rings. The van der Waals surface area contributed by atoms with E-state index in [0.29, 0.717) is 0 Å². The van der Waals surface area contributed by atoms with Gasteiger partial charge in [0.1, 0.15) is 0 Å². The smallest absolute Gasteiger partial charge is 0.253 e. The van der Waals surface area contributed by atoms with Crippen LogP contribution in [0.4, 0.5) is 0 Å². The highest BCUT2D eigenvalue weighted by atomic mass is 16.2. The number of carbonyl (C=O) groups excluding carboxylic acids is 1. The number of likely N-dealkylation sites (tertiary alicyclic amines) is 1. The number of aryl methyl sites for hydroxylation is 1. The molecule has 1 aromatic carbocycles. The molecule has 20 heavy (non-hydrogen) atoms. The largest absolute Gasteiger partial charge is 0.339 e. The van der Waals surface area contributed by atoms with Crippen molar-refractivity contribution in [2.75, 3.05) is 13.1 Å². The molecule has 1 aromatic rings. The predicted molar refractivity (Wildman–Crippen MR) is 81.8 cm³/mol. The second kappa shape index (κ2) is 5.99. The van der Waals surface area contributed by atoms with Gasteiger partial charge in [-0.1, -0.05) is 37.0 Å². The Kier molecular flexibility index (Phi) is 4.09. The summed E-state index contributed by atoms with van der Waals surface area (Å²) in [4.78, 5) is 14.6. The minimum atomic E-state index is 0.222. The van der Waals surface area contributed by atoms with Crippen LogP contribution in [0.3, 0.4) is 0 Å². The van der Waals surface area contributed by atoms with E-state index in [0.717, 1.165) is 30.5 Å². The van der Waals surface area contributed by atoms with E-state index in [-0.39, 0.29) is 5.91 Å².